The number of nitrogens with zero attached hydrogens (tertiary/aromatic N) is 4. The van der Waals surface area contributed by atoms with E-state index in [2.05, 4.69) is 22.3 Å². The Labute approximate surface area is 226 Å². The standard InChI is InChI=1S/C28H33N7O4/c1-5-28(2,3)39-27(37)30-17-9-8-12-22(23(29)36)32-26-31-21-11-7-6-10-20(21)25-33-24(34-35(25)26)18-13-15-19(38-4)16-14-18/h5-7,10-11,13-16,22H,1,8-9,12,17H2,2-4H3,(H2,29,36)(H,30,37)(H,31,32)/t22-/m0/s1. The van der Waals surface area contributed by atoms with Gasteiger partial charge in [-0.05, 0) is 75.6 Å². The number of anilines is 1. The summed E-state index contributed by atoms with van der Waals surface area (Å²) in [6.07, 6.45) is 2.71. The summed E-state index contributed by atoms with van der Waals surface area (Å²) in [6, 6.07) is 14.3. The molecule has 11 nitrogen and oxygen atoms in total. The number of primary amides is 1. The van der Waals surface area contributed by atoms with E-state index in [-0.39, 0.29) is 0 Å². The molecule has 0 unspecified atom stereocenters. The molecule has 0 saturated carbocycles. The zero-order valence-electron chi connectivity index (χ0n) is 22.3. The van der Waals surface area contributed by atoms with Crippen molar-refractivity contribution in [3.8, 4) is 17.1 Å². The molecule has 0 aliphatic carbocycles. The van der Waals surface area contributed by atoms with Crippen molar-refractivity contribution in [3.05, 3.63) is 61.2 Å². The number of benzene rings is 2. The van der Waals surface area contributed by atoms with Crippen molar-refractivity contribution in [2.75, 3.05) is 19.0 Å². The van der Waals surface area contributed by atoms with Gasteiger partial charge in [-0.2, -0.15) is 4.52 Å². The Morgan fingerprint density at radius 2 is 1.87 bits per heavy atom. The van der Waals surface area contributed by atoms with Gasteiger partial charge in [-0.1, -0.05) is 18.7 Å². The fraction of sp³-hybridized carbons (Fsp3) is 0.321. The lowest BCUT2D eigenvalue weighted by molar-refractivity contribution is -0.118. The maximum atomic E-state index is 12.3. The highest BCUT2D eigenvalue weighted by Gasteiger charge is 2.21. The molecule has 0 aliphatic heterocycles. The lowest BCUT2D eigenvalue weighted by atomic mass is 10.1. The van der Waals surface area contributed by atoms with E-state index in [9.17, 15) is 9.59 Å². The van der Waals surface area contributed by atoms with Gasteiger partial charge >= 0.3 is 6.09 Å². The van der Waals surface area contributed by atoms with Crippen LogP contribution in [-0.2, 0) is 9.53 Å². The summed E-state index contributed by atoms with van der Waals surface area (Å²) < 4.78 is 12.1. The van der Waals surface area contributed by atoms with Crippen molar-refractivity contribution in [3.63, 3.8) is 0 Å². The lowest BCUT2D eigenvalue weighted by Gasteiger charge is -2.21. The second-order valence-corrected chi connectivity index (χ2v) is 9.57. The maximum Gasteiger partial charge on any atom is 0.407 e. The topological polar surface area (TPSA) is 146 Å². The van der Waals surface area contributed by atoms with E-state index in [1.807, 2.05) is 48.5 Å². The molecule has 11 heteroatoms. The Kier molecular flexibility index (Phi) is 8.28. The first-order valence-corrected chi connectivity index (χ1v) is 12.7. The summed E-state index contributed by atoms with van der Waals surface area (Å²) in [7, 11) is 1.61. The first-order chi connectivity index (χ1) is 18.7. The van der Waals surface area contributed by atoms with E-state index in [0.29, 0.717) is 48.7 Å². The van der Waals surface area contributed by atoms with Crippen LogP contribution in [0.25, 0.3) is 27.9 Å². The zero-order valence-corrected chi connectivity index (χ0v) is 22.3. The molecule has 39 heavy (non-hydrogen) atoms. The Hall–Kier alpha value is -4.67. The molecule has 2 aromatic carbocycles. The first-order valence-electron chi connectivity index (χ1n) is 12.7. The number of unbranched alkanes of at least 4 members (excludes halogenated alkanes) is 1. The summed E-state index contributed by atoms with van der Waals surface area (Å²) in [6.45, 7) is 7.53. The molecule has 4 N–H and O–H groups in total. The molecule has 0 bridgehead atoms. The number of hydrogen-bond acceptors (Lipinski definition) is 8. The zero-order chi connectivity index (χ0) is 28.0. The van der Waals surface area contributed by atoms with Gasteiger partial charge in [0.05, 0.1) is 12.6 Å². The fourth-order valence-corrected chi connectivity index (χ4v) is 3.93. The molecule has 4 aromatic rings. The third-order valence-electron chi connectivity index (χ3n) is 6.21. The van der Waals surface area contributed by atoms with Crippen molar-refractivity contribution in [1.82, 2.24) is 24.9 Å². The van der Waals surface area contributed by atoms with Crippen LogP contribution < -0.4 is 21.1 Å². The monoisotopic (exact) mass is 531 g/mol. The highest BCUT2D eigenvalue weighted by Crippen LogP contribution is 2.26. The highest BCUT2D eigenvalue weighted by atomic mass is 16.6. The van der Waals surface area contributed by atoms with Crippen LogP contribution in [0.1, 0.15) is 33.1 Å². The molecule has 0 radical (unpaired) electrons. The first kappa shape index (κ1) is 27.4. The number of aromatic nitrogens is 4. The molecular formula is C28H33N7O4. The number of hydrogen-bond donors (Lipinski definition) is 3. The minimum atomic E-state index is -0.752. The average Bonchev–Trinajstić information content (AvgIpc) is 3.38. The molecule has 2 heterocycles. The van der Waals surface area contributed by atoms with Gasteiger partial charge in [-0.15, -0.1) is 5.10 Å². The molecule has 204 valence electrons. The minimum Gasteiger partial charge on any atom is -0.497 e. The molecule has 2 aromatic heterocycles. The van der Waals surface area contributed by atoms with E-state index >= 15 is 0 Å². The van der Waals surface area contributed by atoms with Crippen LogP contribution in [0, 0.1) is 0 Å². The predicted octanol–water partition coefficient (Wildman–Crippen LogP) is 4.08. The van der Waals surface area contributed by atoms with Crippen LogP contribution in [0.2, 0.25) is 0 Å². The predicted molar refractivity (Wildman–Crippen MR) is 149 cm³/mol. The van der Waals surface area contributed by atoms with Gasteiger partial charge in [-0.3, -0.25) is 4.79 Å². The minimum absolute atomic E-state index is 0.355. The molecule has 2 amide bonds. The second-order valence-electron chi connectivity index (χ2n) is 9.57. The maximum absolute atomic E-state index is 12.3. The van der Waals surface area contributed by atoms with Crippen LogP contribution in [0.3, 0.4) is 0 Å². The lowest BCUT2D eigenvalue weighted by Crippen LogP contribution is -2.37. The quantitative estimate of drug-likeness (QED) is 0.183. The number of fused-ring (bicyclic) bond motifs is 3. The number of carbonyl (C=O) groups excluding carboxylic acids is 2. The molecule has 0 aliphatic rings. The largest absolute Gasteiger partial charge is 0.497 e. The molecule has 0 spiro atoms. The summed E-state index contributed by atoms with van der Waals surface area (Å²) in [5.74, 6) is 1.07. The number of para-hydroxylation sites is 1. The number of alkyl carbamates (subject to hydrolysis) is 1. The van der Waals surface area contributed by atoms with E-state index in [0.717, 1.165) is 16.7 Å². The number of rotatable bonds is 12. The summed E-state index contributed by atoms with van der Waals surface area (Å²) >= 11 is 0. The van der Waals surface area contributed by atoms with Gasteiger partial charge in [0.1, 0.15) is 17.4 Å². The number of nitrogens with one attached hydrogen (secondary N) is 2. The van der Waals surface area contributed by atoms with Crippen LogP contribution >= 0.6 is 0 Å². The average molecular weight is 532 g/mol. The van der Waals surface area contributed by atoms with Gasteiger partial charge in [0.15, 0.2) is 11.5 Å². The van der Waals surface area contributed by atoms with E-state index in [1.165, 1.54) is 0 Å². The van der Waals surface area contributed by atoms with Crippen molar-refractivity contribution < 1.29 is 19.1 Å². The van der Waals surface area contributed by atoms with E-state index in [1.54, 1.807) is 31.5 Å². The smallest absolute Gasteiger partial charge is 0.407 e. The number of ether oxygens (including phenoxy) is 2. The summed E-state index contributed by atoms with van der Waals surface area (Å²) in [5.41, 5.74) is 7.09. The number of nitrogens with two attached hydrogens (primary N) is 1. The normalized spacial score (nSPS) is 12.2. The van der Waals surface area contributed by atoms with Crippen molar-refractivity contribution in [1.29, 1.82) is 0 Å². The number of carbonyl (C=O) groups is 2. The molecular weight excluding hydrogens is 498 g/mol. The molecule has 0 saturated heterocycles. The Morgan fingerprint density at radius 3 is 2.56 bits per heavy atom. The van der Waals surface area contributed by atoms with Crippen LogP contribution in [0.4, 0.5) is 10.7 Å². The van der Waals surface area contributed by atoms with Gasteiger partial charge in [0.2, 0.25) is 11.9 Å². The number of amides is 2. The van der Waals surface area contributed by atoms with E-state index < -0.39 is 23.6 Å². The van der Waals surface area contributed by atoms with Crippen molar-refractivity contribution in [2.24, 2.45) is 5.73 Å². The summed E-state index contributed by atoms with van der Waals surface area (Å²) in [5, 5.41) is 11.4. The van der Waals surface area contributed by atoms with Gasteiger partial charge in [-0.25, -0.2) is 14.8 Å². The highest BCUT2D eigenvalue weighted by molar-refractivity contribution is 5.93. The van der Waals surface area contributed by atoms with Crippen molar-refractivity contribution in [2.45, 2.75) is 44.8 Å². The molecule has 1 atom stereocenters. The summed E-state index contributed by atoms with van der Waals surface area (Å²) in [4.78, 5) is 33.7. The van der Waals surface area contributed by atoms with Crippen molar-refractivity contribution >= 4 is 34.5 Å². The Bertz CT molecular complexity index is 1480. The Morgan fingerprint density at radius 1 is 1.13 bits per heavy atom. The SMILES string of the molecule is C=CC(C)(C)OC(=O)NCCCC[C@H](Nc1nc2ccccc2c2nc(-c3ccc(OC)cc3)nn12)C(N)=O. The van der Waals surface area contributed by atoms with Gasteiger partial charge < -0.3 is 25.8 Å². The second kappa shape index (κ2) is 11.8. The third-order valence-corrected chi connectivity index (χ3v) is 6.21. The van der Waals surface area contributed by atoms with Crippen LogP contribution in [0.15, 0.2) is 61.2 Å². The number of methoxy groups -OCH3 is 1. The van der Waals surface area contributed by atoms with E-state index in [4.69, 9.17) is 25.2 Å². The van der Waals surface area contributed by atoms with Gasteiger partial charge in [0.25, 0.3) is 0 Å². The fourth-order valence-electron chi connectivity index (χ4n) is 3.93. The van der Waals surface area contributed by atoms with Crippen LogP contribution in [0.5, 0.6) is 5.75 Å². The van der Waals surface area contributed by atoms with Gasteiger partial charge in [0, 0.05) is 17.5 Å². The third kappa shape index (κ3) is 6.61. The van der Waals surface area contributed by atoms with Crippen LogP contribution in [-0.4, -0.2) is 56.9 Å². The Balaban J connectivity index is 1.50. The molecule has 0 fully saturated rings. The molecule has 4 rings (SSSR count).